The molecule has 0 aliphatic carbocycles. The second-order valence-electron chi connectivity index (χ2n) is 4.96. The number of ether oxygens (including phenoxy) is 1. The Kier molecular flexibility index (Phi) is 6.50. The van der Waals surface area contributed by atoms with Crippen LogP contribution >= 0.6 is 11.8 Å². The van der Waals surface area contributed by atoms with Crippen molar-refractivity contribution < 1.29 is 14.6 Å². The molecule has 122 valence electrons. The van der Waals surface area contributed by atoms with Crippen molar-refractivity contribution in [3.8, 4) is 5.75 Å². The molecule has 2 rings (SSSR count). The molecule has 2 aromatic carbocycles. The van der Waals surface area contributed by atoms with E-state index in [2.05, 4.69) is 5.32 Å². The molecule has 4 nitrogen and oxygen atoms in total. The molecule has 0 bridgehead atoms. The van der Waals surface area contributed by atoms with E-state index >= 15 is 0 Å². The second kappa shape index (κ2) is 8.60. The highest BCUT2D eigenvalue weighted by Gasteiger charge is 2.11. The number of benzene rings is 2. The second-order valence-corrected chi connectivity index (χ2v) is 5.84. The highest BCUT2D eigenvalue weighted by atomic mass is 32.2. The van der Waals surface area contributed by atoms with Crippen molar-refractivity contribution in [2.24, 2.45) is 0 Å². The minimum absolute atomic E-state index is 0.171. The Labute approximate surface area is 140 Å². The summed E-state index contributed by atoms with van der Waals surface area (Å²) in [6, 6.07) is 14.6. The number of aliphatic hydroxyl groups excluding tert-OH is 1. The fourth-order valence-corrected chi connectivity index (χ4v) is 2.51. The molecule has 0 saturated heterocycles. The summed E-state index contributed by atoms with van der Waals surface area (Å²) in [5.74, 6) is 0.519. The number of hydrogen-bond donors (Lipinski definition) is 2. The number of thioether (sulfide) groups is 1. The van der Waals surface area contributed by atoms with Crippen molar-refractivity contribution in [2.45, 2.75) is 17.9 Å². The lowest BCUT2D eigenvalue weighted by atomic mass is 10.1. The van der Waals surface area contributed by atoms with Gasteiger partial charge in [0.05, 0.1) is 12.7 Å². The molecule has 0 radical (unpaired) electrons. The topological polar surface area (TPSA) is 58.6 Å². The normalized spacial score (nSPS) is 11.8. The van der Waals surface area contributed by atoms with Crippen molar-refractivity contribution in [1.82, 2.24) is 5.32 Å². The van der Waals surface area contributed by atoms with Crippen LogP contribution in [-0.4, -0.2) is 30.4 Å². The highest BCUT2D eigenvalue weighted by molar-refractivity contribution is 7.98. The van der Waals surface area contributed by atoms with E-state index < -0.39 is 6.10 Å². The third-order valence-electron chi connectivity index (χ3n) is 3.38. The zero-order chi connectivity index (χ0) is 16.7. The lowest BCUT2D eigenvalue weighted by Gasteiger charge is -2.13. The van der Waals surface area contributed by atoms with Crippen LogP contribution in [0.4, 0.5) is 0 Å². The summed E-state index contributed by atoms with van der Waals surface area (Å²) >= 11 is 1.65. The van der Waals surface area contributed by atoms with Crippen LogP contribution in [0.2, 0.25) is 0 Å². The van der Waals surface area contributed by atoms with Gasteiger partial charge in [0, 0.05) is 17.0 Å². The van der Waals surface area contributed by atoms with Gasteiger partial charge in [-0.2, -0.15) is 0 Å². The molecule has 0 spiro atoms. The van der Waals surface area contributed by atoms with E-state index in [9.17, 15) is 9.90 Å². The fourth-order valence-electron chi connectivity index (χ4n) is 2.10. The molecule has 0 heterocycles. The first-order valence-corrected chi connectivity index (χ1v) is 8.69. The third kappa shape index (κ3) is 5.01. The summed E-state index contributed by atoms with van der Waals surface area (Å²) in [6.45, 7) is 2.67. The largest absolute Gasteiger partial charge is 0.494 e. The maximum atomic E-state index is 12.1. The van der Waals surface area contributed by atoms with Crippen LogP contribution in [0.25, 0.3) is 0 Å². The molecule has 0 saturated carbocycles. The summed E-state index contributed by atoms with van der Waals surface area (Å²) < 4.78 is 5.34. The predicted octanol–water partition coefficient (Wildman–Crippen LogP) is 3.27. The smallest absolute Gasteiger partial charge is 0.251 e. The van der Waals surface area contributed by atoms with E-state index in [1.807, 2.05) is 37.4 Å². The summed E-state index contributed by atoms with van der Waals surface area (Å²) in [5.41, 5.74) is 1.33. The van der Waals surface area contributed by atoms with Gasteiger partial charge < -0.3 is 15.2 Å². The molecule has 0 aliphatic heterocycles. The fraction of sp³-hybridized carbons (Fsp3) is 0.278. The number of amides is 1. The number of carbonyl (C=O) groups excluding carboxylic acids is 1. The Morgan fingerprint density at radius 3 is 2.39 bits per heavy atom. The van der Waals surface area contributed by atoms with Crippen LogP contribution < -0.4 is 10.1 Å². The zero-order valence-corrected chi connectivity index (χ0v) is 14.1. The molecule has 23 heavy (non-hydrogen) atoms. The number of rotatable bonds is 7. The first kappa shape index (κ1) is 17.4. The quantitative estimate of drug-likeness (QED) is 0.765. The van der Waals surface area contributed by atoms with Crippen molar-refractivity contribution in [1.29, 1.82) is 0 Å². The van der Waals surface area contributed by atoms with E-state index in [0.29, 0.717) is 12.2 Å². The Balaban J connectivity index is 1.89. The van der Waals surface area contributed by atoms with Crippen molar-refractivity contribution >= 4 is 17.7 Å². The van der Waals surface area contributed by atoms with Crippen molar-refractivity contribution in [3.63, 3.8) is 0 Å². The summed E-state index contributed by atoms with van der Waals surface area (Å²) in [4.78, 5) is 13.2. The van der Waals surface area contributed by atoms with Gasteiger partial charge in [0.2, 0.25) is 0 Å². The molecule has 0 unspecified atom stereocenters. The van der Waals surface area contributed by atoms with Gasteiger partial charge in [0.15, 0.2) is 0 Å². The highest BCUT2D eigenvalue weighted by Crippen LogP contribution is 2.19. The van der Waals surface area contributed by atoms with Gasteiger partial charge in [0.1, 0.15) is 5.75 Å². The van der Waals surface area contributed by atoms with E-state index in [-0.39, 0.29) is 12.5 Å². The monoisotopic (exact) mass is 331 g/mol. The lowest BCUT2D eigenvalue weighted by molar-refractivity contribution is 0.0916. The number of aliphatic hydroxyl groups is 1. The molecule has 0 aliphatic rings. The van der Waals surface area contributed by atoms with Crippen LogP contribution in [0.1, 0.15) is 28.9 Å². The predicted molar refractivity (Wildman–Crippen MR) is 93.1 cm³/mol. The van der Waals surface area contributed by atoms with E-state index in [4.69, 9.17) is 4.74 Å². The summed E-state index contributed by atoms with van der Waals surface area (Å²) in [6.07, 6.45) is 1.28. The maximum absolute atomic E-state index is 12.1. The summed E-state index contributed by atoms with van der Waals surface area (Å²) in [5, 5.41) is 12.9. The Hall–Kier alpha value is -1.98. The molecule has 0 fully saturated rings. The maximum Gasteiger partial charge on any atom is 0.251 e. The minimum atomic E-state index is -0.724. The Bertz CT molecular complexity index is 626. The molecule has 0 aromatic heterocycles. The van der Waals surface area contributed by atoms with Crippen molar-refractivity contribution in [3.05, 3.63) is 59.7 Å². The number of nitrogens with one attached hydrogen (secondary N) is 1. The number of carbonyl (C=O) groups is 1. The van der Waals surface area contributed by atoms with Crippen LogP contribution in [0.3, 0.4) is 0 Å². The standard InChI is InChI=1S/C18H21NO3S/c1-3-22-15-8-4-14(5-9-15)18(21)19-12-17(20)13-6-10-16(23-2)11-7-13/h4-11,17,20H,3,12H2,1-2H3,(H,19,21)/t17-/m0/s1. The third-order valence-corrected chi connectivity index (χ3v) is 4.13. The Morgan fingerprint density at radius 1 is 1.17 bits per heavy atom. The molecule has 2 aromatic rings. The van der Waals surface area contributed by atoms with Crippen LogP contribution in [0, 0.1) is 0 Å². The first-order valence-electron chi connectivity index (χ1n) is 7.47. The van der Waals surface area contributed by atoms with Crippen LogP contribution in [0.15, 0.2) is 53.4 Å². The SMILES string of the molecule is CCOc1ccc(C(=O)NC[C@H](O)c2ccc(SC)cc2)cc1. The molecular formula is C18H21NO3S. The van der Waals surface area contributed by atoms with E-state index in [1.165, 1.54) is 0 Å². The average molecular weight is 331 g/mol. The first-order chi connectivity index (χ1) is 11.1. The number of hydrogen-bond acceptors (Lipinski definition) is 4. The van der Waals surface area contributed by atoms with Crippen LogP contribution in [0.5, 0.6) is 5.75 Å². The van der Waals surface area contributed by atoms with Crippen molar-refractivity contribution in [2.75, 3.05) is 19.4 Å². The molecule has 2 N–H and O–H groups in total. The molecule has 1 atom stereocenters. The molecular weight excluding hydrogens is 310 g/mol. The molecule has 1 amide bonds. The minimum Gasteiger partial charge on any atom is -0.494 e. The van der Waals surface area contributed by atoms with Crippen LogP contribution in [-0.2, 0) is 0 Å². The molecule has 5 heteroatoms. The van der Waals surface area contributed by atoms with Gasteiger partial charge in [-0.1, -0.05) is 12.1 Å². The van der Waals surface area contributed by atoms with Gasteiger partial charge >= 0.3 is 0 Å². The van der Waals surface area contributed by atoms with Gasteiger partial charge in [-0.25, -0.2) is 0 Å². The van der Waals surface area contributed by atoms with Gasteiger partial charge in [-0.05, 0) is 55.1 Å². The van der Waals surface area contributed by atoms with Gasteiger partial charge in [-0.15, -0.1) is 11.8 Å². The van der Waals surface area contributed by atoms with E-state index in [0.717, 1.165) is 16.2 Å². The average Bonchev–Trinajstić information content (AvgIpc) is 2.60. The van der Waals surface area contributed by atoms with E-state index in [1.54, 1.807) is 36.0 Å². The zero-order valence-electron chi connectivity index (χ0n) is 13.3. The summed E-state index contributed by atoms with van der Waals surface area (Å²) in [7, 11) is 0. The lowest BCUT2D eigenvalue weighted by Crippen LogP contribution is -2.28. The Morgan fingerprint density at radius 2 is 1.83 bits per heavy atom. The van der Waals surface area contributed by atoms with Gasteiger partial charge in [0.25, 0.3) is 5.91 Å². The van der Waals surface area contributed by atoms with Gasteiger partial charge in [-0.3, -0.25) is 4.79 Å².